The molecular formula is C9H14ClN3O2. The van der Waals surface area contributed by atoms with Crippen molar-refractivity contribution < 1.29 is 9.47 Å². The molecule has 0 amide bonds. The van der Waals surface area contributed by atoms with Crippen molar-refractivity contribution in [3.05, 3.63) is 11.2 Å². The lowest BCUT2D eigenvalue weighted by Crippen LogP contribution is -2.05. The van der Waals surface area contributed by atoms with Gasteiger partial charge < -0.3 is 14.8 Å². The summed E-state index contributed by atoms with van der Waals surface area (Å²) in [5.74, 6) is 0.883. The van der Waals surface area contributed by atoms with Crippen LogP contribution in [0.2, 0.25) is 5.02 Å². The summed E-state index contributed by atoms with van der Waals surface area (Å²) < 4.78 is 10.3. The van der Waals surface area contributed by atoms with Gasteiger partial charge in [0.25, 0.3) is 0 Å². The first kappa shape index (κ1) is 12.0. The quantitative estimate of drug-likeness (QED) is 0.754. The molecule has 15 heavy (non-hydrogen) atoms. The monoisotopic (exact) mass is 231 g/mol. The Balaban J connectivity index is 2.51. The van der Waals surface area contributed by atoms with Gasteiger partial charge in [0.2, 0.25) is 11.8 Å². The van der Waals surface area contributed by atoms with Crippen LogP contribution < -0.4 is 10.1 Å². The number of ether oxygens (including phenoxy) is 2. The Bertz CT molecular complexity index is 309. The zero-order valence-corrected chi connectivity index (χ0v) is 9.54. The molecule has 0 bridgehead atoms. The predicted molar refractivity (Wildman–Crippen MR) is 58.6 cm³/mol. The van der Waals surface area contributed by atoms with E-state index in [0.717, 1.165) is 6.42 Å². The summed E-state index contributed by atoms with van der Waals surface area (Å²) in [6, 6.07) is 0. The zero-order valence-electron chi connectivity index (χ0n) is 8.79. The van der Waals surface area contributed by atoms with Crippen LogP contribution in [-0.2, 0) is 4.74 Å². The second kappa shape index (κ2) is 6.42. The highest BCUT2D eigenvalue weighted by Crippen LogP contribution is 2.21. The van der Waals surface area contributed by atoms with Crippen LogP contribution in [0.4, 0.5) is 5.95 Å². The van der Waals surface area contributed by atoms with E-state index in [-0.39, 0.29) is 0 Å². The summed E-state index contributed by atoms with van der Waals surface area (Å²) in [5.41, 5.74) is 0. The van der Waals surface area contributed by atoms with E-state index in [4.69, 9.17) is 21.1 Å². The Labute approximate surface area is 93.8 Å². The Morgan fingerprint density at radius 3 is 2.93 bits per heavy atom. The third kappa shape index (κ3) is 3.89. The number of hydrogen-bond acceptors (Lipinski definition) is 5. The largest absolute Gasteiger partial charge is 0.476 e. The van der Waals surface area contributed by atoms with Gasteiger partial charge in [0.15, 0.2) is 0 Å². The molecule has 0 atom stereocenters. The molecular weight excluding hydrogens is 218 g/mol. The molecule has 0 radical (unpaired) electrons. The van der Waals surface area contributed by atoms with Crippen LogP contribution in [0.3, 0.4) is 0 Å². The minimum absolute atomic E-state index is 0.395. The maximum absolute atomic E-state index is 5.86. The van der Waals surface area contributed by atoms with E-state index in [1.807, 2.05) is 0 Å². The van der Waals surface area contributed by atoms with Crippen LogP contribution in [0, 0.1) is 0 Å². The molecule has 0 aromatic carbocycles. The van der Waals surface area contributed by atoms with Crippen molar-refractivity contribution in [3.8, 4) is 5.88 Å². The van der Waals surface area contributed by atoms with E-state index < -0.39 is 0 Å². The summed E-state index contributed by atoms with van der Waals surface area (Å²) in [6.45, 7) is 1.18. The van der Waals surface area contributed by atoms with Crippen molar-refractivity contribution in [2.75, 3.05) is 32.7 Å². The fourth-order valence-electron chi connectivity index (χ4n) is 0.945. The average molecular weight is 232 g/mol. The molecule has 0 saturated carbocycles. The minimum Gasteiger partial charge on any atom is -0.476 e. The van der Waals surface area contributed by atoms with E-state index in [1.54, 1.807) is 14.2 Å². The van der Waals surface area contributed by atoms with Gasteiger partial charge in [-0.25, -0.2) is 4.98 Å². The van der Waals surface area contributed by atoms with Crippen LogP contribution >= 0.6 is 11.6 Å². The first-order chi connectivity index (χ1) is 7.27. The number of nitrogens with one attached hydrogen (secondary N) is 1. The van der Waals surface area contributed by atoms with Crippen molar-refractivity contribution in [1.82, 2.24) is 9.97 Å². The molecule has 0 spiro atoms. The summed E-state index contributed by atoms with van der Waals surface area (Å²) in [7, 11) is 3.38. The molecule has 1 N–H and O–H groups in total. The van der Waals surface area contributed by atoms with Crippen molar-refractivity contribution in [2.24, 2.45) is 0 Å². The third-order valence-electron chi connectivity index (χ3n) is 1.67. The van der Waals surface area contributed by atoms with Gasteiger partial charge in [-0.2, -0.15) is 4.98 Å². The van der Waals surface area contributed by atoms with Crippen LogP contribution in [0.5, 0.6) is 5.88 Å². The number of methoxy groups -OCH3 is 1. The van der Waals surface area contributed by atoms with Crippen LogP contribution in [0.15, 0.2) is 6.20 Å². The van der Waals surface area contributed by atoms with E-state index >= 15 is 0 Å². The first-order valence-electron chi connectivity index (χ1n) is 4.60. The number of rotatable bonds is 6. The Kier molecular flexibility index (Phi) is 5.14. The Morgan fingerprint density at radius 2 is 2.27 bits per heavy atom. The number of halogens is 1. The second-order valence-corrected chi connectivity index (χ2v) is 3.20. The molecule has 6 heteroatoms. The molecule has 5 nitrogen and oxygen atoms in total. The number of hydrogen-bond donors (Lipinski definition) is 1. The highest BCUT2D eigenvalue weighted by atomic mass is 35.5. The number of anilines is 1. The molecule has 1 aromatic rings. The zero-order chi connectivity index (χ0) is 11.1. The number of nitrogens with zero attached hydrogens (tertiary/aromatic N) is 2. The van der Waals surface area contributed by atoms with Gasteiger partial charge in [0, 0.05) is 27.2 Å². The standard InChI is InChI=1S/C9H14ClN3O2/c1-11-9-12-6-7(10)8(13-9)15-5-3-4-14-2/h6H,3-5H2,1-2H3,(H,11,12,13). The fourth-order valence-corrected chi connectivity index (χ4v) is 1.09. The summed E-state index contributed by atoms with van der Waals surface area (Å²) in [4.78, 5) is 8.01. The van der Waals surface area contributed by atoms with E-state index in [0.29, 0.717) is 30.1 Å². The predicted octanol–water partition coefficient (Wildman–Crippen LogP) is 1.59. The Hall–Kier alpha value is -1.07. The highest BCUT2D eigenvalue weighted by Gasteiger charge is 2.05. The lowest BCUT2D eigenvalue weighted by Gasteiger charge is -2.07. The van der Waals surface area contributed by atoms with Crippen molar-refractivity contribution in [1.29, 1.82) is 0 Å². The first-order valence-corrected chi connectivity index (χ1v) is 4.97. The second-order valence-electron chi connectivity index (χ2n) is 2.79. The lowest BCUT2D eigenvalue weighted by molar-refractivity contribution is 0.170. The summed E-state index contributed by atoms with van der Waals surface area (Å²) in [6.07, 6.45) is 2.30. The van der Waals surface area contributed by atoms with Crippen molar-refractivity contribution in [2.45, 2.75) is 6.42 Å². The highest BCUT2D eigenvalue weighted by molar-refractivity contribution is 6.31. The SMILES string of the molecule is CNc1ncc(Cl)c(OCCCOC)n1. The lowest BCUT2D eigenvalue weighted by atomic mass is 10.5. The molecule has 0 saturated heterocycles. The van der Waals surface area contributed by atoms with Gasteiger partial charge in [-0.05, 0) is 0 Å². The molecule has 0 aliphatic carbocycles. The molecule has 0 fully saturated rings. The smallest absolute Gasteiger partial charge is 0.237 e. The van der Waals surface area contributed by atoms with E-state index in [1.165, 1.54) is 6.20 Å². The summed E-state index contributed by atoms with van der Waals surface area (Å²) >= 11 is 5.86. The van der Waals surface area contributed by atoms with Gasteiger partial charge in [-0.15, -0.1) is 0 Å². The maximum Gasteiger partial charge on any atom is 0.237 e. The molecule has 1 heterocycles. The van der Waals surface area contributed by atoms with Gasteiger partial charge in [-0.3, -0.25) is 0 Å². The van der Waals surface area contributed by atoms with E-state index in [2.05, 4.69) is 15.3 Å². The summed E-state index contributed by atoms with van der Waals surface area (Å²) in [5, 5.41) is 3.22. The normalized spacial score (nSPS) is 10.1. The average Bonchev–Trinajstić information content (AvgIpc) is 2.26. The van der Waals surface area contributed by atoms with Crippen LogP contribution in [0.25, 0.3) is 0 Å². The topological polar surface area (TPSA) is 56.3 Å². The van der Waals surface area contributed by atoms with Gasteiger partial charge in [0.1, 0.15) is 5.02 Å². The fraction of sp³-hybridized carbons (Fsp3) is 0.556. The van der Waals surface area contributed by atoms with Crippen LogP contribution in [0.1, 0.15) is 6.42 Å². The van der Waals surface area contributed by atoms with Crippen LogP contribution in [-0.4, -0.2) is 37.3 Å². The molecule has 1 aromatic heterocycles. The maximum atomic E-state index is 5.86. The van der Waals surface area contributed by atoms with Crippen molar-refractivity contribution in [3.63, 3.8) is 0 Å². The van der Waals surface area contributed by atoms with Gasteiger partial charge in [0.05, 0.1) is 12.8 Å². The van der Waals surface area contributed by atoms with Gasteiger partial charge in [-0.1, -0.05) is 11.6 Å². The minimum atomic E-state index is 0.395. The van der Waals surface area contributed by atoms with E-state index in [9.17, 15) is 0 Å². The number of aromatic nitrogens is 2. The molecule has 0 unspecified atom stereocenters. The van der Waals surface area contributed by atoms with Crippen molar-refractivity contribution >= 4 is 17.5 Å². The van der Waals surface area contributed by atoms with Gasteiger partial charge >= 0.3 is 0 Å². The molecule has 0 aliphatic rings. The molecule has 84 valence electrons. The Morgan fingerprint density at radius 1 is 1.47 bits per heavy atom. The molecule has 0 aliphatic heterocycles. The molecule has 1 rings (SSSR count). The third-order valence-corrected chi connectivity index (χ3v) is 1.93.